The van der Waals surface area contributed by atoms with E-state index in [9.17, 15) is 8.42 Å². The minimum Gasteiger partial charge on any atom is -0.486 e. The van der Waals surface area contributed by atoms with Crippen LogP contribution >= 0.6 is 0 Å². The van der Waals surface area contributed by atoms with Gasteiger partial charge in [-0.1, -0.05) is 12.1 Å². The number of piperazine rings is 1. The Balaban J connectivity index is 1.53. The molecule has 2 aliphatic heterocycles. The van der Waals surface area contributed by atoms with Crippen molar-refractivity contribution in [3.63, 3.8) is 0 Å². The minimum atomic E-state index is -3.91. The van der Waals surface area contributed by atoms with Crippen molar-refractivity contribution in [2.24, 2.45) is 0 Å². The summed E-state index contributed by atoms with van der Waals surface area (Å²) in [7, 11) is -1.85. The van der Waals surface area contributed by atoms with Gasteiger partial charge in [0.2, 0.25) is 0 Å². The predicted molar refractivity (Wildman–Crippen MR) is 117 cm³/mol. The van der Waals surface area contributed by atoms with Crippen molar-refractivity contribution in [2.45, 2.75) is 4.90 Å². The summed E-state index contributed by atoms with van der Waals surface area (Å²) < 4.78 is 40.1. The number of likely N-dealkylation sites (N-methyl/N-ethyl adjacent to an activating group) is 1. The highest BCUT2D eigenvalue weighted by atomic mass is 32.2. The summed E-state index contributed by atoms with van der Waals surface area (Å²) in [5.41, 5.74) is 1.35. The maximum atomic E-state index is 13.2. The molecule has 2 aromatic carbocycles. The molecule has 0 saturated carbocycles. The maximum absolute atomic E-state index is 13.2. The molecule has 0 atom stereocenters. The monoisotopic (exact) mass is 441 g/mol. The molecule has 1 fully saturated rings. The van der Waals surface area contributed by atoms with E-state index in [-0.39, 0.29) is 10.7 Å². The third kappa shape index (κ3) is 3.96. The Kier molecular flexibility index (Phi) is 5.03. The second-order valence-electron chi connectivity index (χ2n) is 7.59. The molecule has 162 valence electrons. The third-order valence-electron chi connectivity index (χ3n) is 5.41. The van der Waals surface area contributed by atoms with E-state index < -0.39 is 10.0 Å². The zero-order valence-electron chi connectivity index (χ0n) is 17.1. The van der Waals surface area contributed by atoms with Crippen LogP contribution in [0.25, 0.3) is 11.0 Å². The standard InChI is InChI=1S/C21H23N5O4S/c1-25-8-10-26(11-9-25)21-20(22-16-4-2-3-5-17(16)23-21)24-31(27,28)15-6-7-18-19(14-15)30-13-12-29-18/h2-7,14H,8-13H2,1H3,(H,22,24). The number of nitrogens with one attached hydrogen (secondary N) is 1. The average molecular weight is 442 g/mol. The Labute approximate surface area is 180 Å². The van der Waals surface area contributed by atoms with Crippen LogP contribution in [0.1, 0.15) is 0 Å². The first-order chi connectivity index (χ1) is 15.0. The molecule has 3 aromatic rings. The highest BCUT2D eigenvalue weighted by Gasteiger charge is 2.25. The van der Waals surface area contributed by atoms with Crippen LogP contribution < -0.4 is 19.1 Å². The SMILES string of the molecule is CN1CCN(c2nc3ccccc3nc2NS(=O)(=O)c2ccc3c(c2)OCCO3)CC1. The minimum absolute atomic E-state index is 0.0797. The zero-order valence-corrected chi connectivity index (χ0v) is 17.9. The lowest BCUT2D eigenvalue weighted by Crippen LogP contribution is -2.45. The number of para-hydroxylation sites is 2. The molecule has 2 aliphatic rings. The smallest absolute Gasteiger partial charge is 0.263 e. The molecule has 1 N–H and O–H groups in total. The van der Waals surface area contributed by atoms with Crippen molar-refractivity contribution >= 4 is 32.7 Å². The van der Waals surface area contributed by atoms with E-state index in [0.717, 1.165) is 31.7 Å². The van der Waals surface area contributed by atoms with Crippen LogP contribution in [0, 0.1) is 0 Å². The van der Waals surface area contributed by atoms with Gasteiger partial charge in [-0.2, -0.15) is 0 Å². The summed E-state index contributed by atoms with van der Waals surface area (Å²) in [5, 5.41) is 0. The molecule has 10 heteroatoms. The lowest BCUT2D eigenvalue weighted by molar-refractivity contribution is 0.171. The highest BCUT2D eigenvalue weighted by molar-refractivity contribution is 7.92. The van der Waals surface area contributed by atoms with Gasteiger partial charge in [0.15, 0.2) is 23.1 Å². The van der Waals surface area contributed by atoms with Gasteiger partial charge in [0.25, 0.3) is 10.0 Å². The van der Waals surface area contributed by atoms with Crippen molar-refractivity contribution in [2.75, 3.05) is 56.1 Å². The summed E-state index contributed by atoms with van der Waals surface area (Å²) in [5.74, 6) is 1.71. The average Bonchev–Trinajstić information content (AvgIpc) is 2.78. The van der Waals surface area contributed by atoms with Gasteiger partial charge in [0, 0.05) is 32.2 Å². The Hall–Kier alpha value is -3.11. The number of benzene rings is 2. The molecule has 5 rings (SSSR count). The number of ether oxygens (including phenoxy) is 2. The summed E-state index contributed by atoms with van der Waals surface area (Å²) in [6, 6.07) is 12.0. The van der Waals surface area contributed by atoms with Gasteiger partial charge in [0.05, 0.1) is 15.9 Å². The molecular formula is C21H23N5O4S. The molecule has 0 radical (unpaired) electrons. The lowest BCUT2D eigenvalue weighted by atomic mass is 10.3. The Bertz CT molecular complexity index is 1230. The number of sulfonamides is 1. The first-order valence-electron chi connectivity index (χ1n) is 10.1. The van der Waals surface area contributed by atoms with Crippen LogP contribution in [0.15, 0.2) is 47.4 Å². The Morgan fingerprint density at radius 1 is 0.903 bits per heavy atom. The molecule has 0 amide bonds. The molecule has 0 unspecified atom stereocenters. The molecule has 3 heterocycles. The third-order valence-corrected chi connectivity index (χ3v) is 6.75. The zero-order chi connectivity index (χ0) is 21.4. The van der Waals surface area contributed by atoms with E-state index in [1.54, 1.807) is 6.07 Å². The van der Waals surface area contributed by atoms with Crippen molar-refractivity contribution in [3.05, 3.63) is 42.5 Å². The van der Waals surface area contributed by atoms with Gasteiger partial charge in [-0.3, -0.25) is 4.72 Å². The van der Waals surface area contributed by atoms with Gasteiger partial charge in [-0.15, -0.1) is 0 Å². The number of rotatable bonds is 4. The van der Waals surface area contributed by atoms with Crippen LogP contribution in [0.3, 0.4) is 0 Å². The molecule has 1 saturated heterocycles. The van der Waals surface area contributed by atoms with E-state index >= 15 is 0 Å². The van der Waals surface area contributed by atoms with Crippen LogP contribution in [0.2, 0.25) is 0 Å². The largest absolute Gasteiger partial charge is 0.486 e. The fourth-order valence-corrected chi connectivity index (χ4v) is 4.69. The van der Waals surface area contributed by atoms with Crippen LogP contribution in [0.5, 0.6) is 11.5 Å². The number of nitrogens with zero attached hydrogens (tertiary/aromatic N) is 4. The molecule has 0 aliphatic carbocycles. The van der Waals surface area contributed by atoms with Crippen LogP contribution in [-0.4, -0.2) is 69.7 Å². The van der Waals surface area contributed by atoms with E-state index in [4.69, 9.17) is 14.5 Å². The lowest BCUT2D eigenvalue weighted by Gasteiger charge is -2.34. The number of fused-ring (bicyclic) bond motifs is 2. The molecular weight excluding hydrogens is 418 g/mol. The molecule has 9 nitrogen and oxygen atoms in total. The maximum Gasteiger partial charge on any atom is 0.263 e. The predicted octanol–water partition coefficient (Wildman–Crippen LogP) is 1.95. The number of hydrogen-bond acceptors (Lipinski definition) is 8. The van der Waals surface area contributed by atoms with E-state index in [1.165, 1.54) is 12.1 Å². The quantitative estimate of drug-likeness (QED) is 0.656. The number of hydrogen-bond donors (Lipinski definition) is 1. The second kappa shape index (κ2) is 7.86. The van der Waals surface area contributed by atoms with Gasteiger partial charge < -0.3 is 19.3 Å². The molecule has 1 aromatic heterocycles. The fourth-order valence-electron chi connectivity index (χ4n) is 3.67. The van der Waals surface area contributed by atoms with E-state index in [0.29, 0.717) is 36.0 Å². The Morgan fingerprint density at radius 3 is 2.32 bits per heavy atom. The van der Waals surface area contributed by atoms with Crippen molar-refractivity contribution in [3.8, 4) is 11.5 Å². The molecule has 0 bridgehead atoms. The summed E-state index contributed by atoms with van der Waals surface area (Å²) in [6.07, 6.45) is 0. The number of aromatic nitrogens is 2. The van der Waals surface area contributed by atoms with Gasteiger partial charge >= 0.3 is 0 Å². The van der Waals surface area contributed by atoms with Crippen molar-refractivity contribution < 1.29 is 17.9 Å². The highest BCUT2D eigenvalue weighted by Crippen LogP contribution is 2.34. The van der Waals surface area contributed by atoms with Crippen molar-refractivity contribution in [1.29, 1.82) is 0 Å². The first-order valence-corrected chi connectivity index (χ1v) is 11.6. The van der Waals surface area contributed by atoms with Gasteiger partial charge in [0.1, 0.15) is 13.2 Å². The van der Waals surface area contributed by atoms with E-state index in [2.05, 4.69) is 26.6 Å². The second-order valence-corrected chi connectivity index (χ2v) is 9.27. The van der Waals surface area contributed by atoms with E-state index in [1.807, 2.05) is 24.3 Å². The number of anilines is 2. The van der Waals surface area contributed by atoms with Gasteiger partial charge in [-0.25, -0.2) is 18.4 Å². The molecule has 31 heavy (non-hydrogen) atoms. The van der Waals surface area contributed by atoms with Crippen LogP contribution in [-0.2, 0) is 10.0 Å². The summed E-state index contributed by atoms with van der Waals surface area (Å²) in [6.45, 7) is 4.03. The van der Waals surface area contributed by atoms with Crippen molar-refractivity contribution in [1.82, 2.24) is 14.9 Å². The fraction of sp³-hybridized carbons (Fsp3) is 0.333. The first kappa shape index (κ1) is 19.8. The van der Waals surface area contributed by atoms with Crippen LogP contribution in [0.4, 0.5) is 11.6 Å². The summed E-state index contributed by atoms with van der Waals surface area (Å²) >= 11 is 0. The Morgan fingerprint density at radius 2 is 1.58 bits per heavy atom. The molecule has 0 spiro atoms. The normalized spacial score (nSPS) is 17.0. The van der Waals surface area contributed by atoms with Gasteiger partial charge in [-0.05, 0) is 31.3 Å². The topological polar surface area (TPSA) is 96.9 Å². The summed E-state index contributed by atoms with van der Waals surface area (Å²) in [4.78, 5) is 13.7.